The molecule has 1 aromatic carbocycles. The average Bonchev–Trinajstić information content (AvgIpc) is 2.85. The Morgan fingerprint density at radius 2 is 2.27 bits per heavy atom. The van der Waals surface area contributed by atoms with Crippen LogP contribution in [0.15, 0.2) is 23.1 Å². The van der Waals surface area contributed by atoms with E-state index in [9.17, 15) is 9.00 Å². The van der Waals surface area contributed by atoms with Crippen molar-refractivity contribution in [2.24, 2.45) is 0 Å². The number of likely N-dealkylation sites (tertiary alicyclic amines) is 1. The maximum Gasteiger partial charge on any atom is 0.410 e. The Hall–Kier alpha value is -1.56. The molecule has 6 heteroatoms. The van der Waals surface area contributed by atoms with Crippen LogP contribution in [0.1, 0.15) is 25.8 Å². The molecule has 0 radical (unpaired) electrons. The molecule has 3 rings (SSSR count). The molecule has 3 atom stereocenters. The number of rotatable bonds is 2. The zero-order valence-electron chi connectivity index (χ0n) is 13.1. The summed E-state index contributed by atoms with van der Waals surface area (Å²) in [5.74, 6) is 1.22. The van der Waals surface area contributed by atoms with Gasteiger partial charge in [-0.3, -0.25) is 4.21 Å². The average molecular weight is 323 g/mol. The predicted molar refractivity (Wildman–Crippen MR) is 83.8 cm³/mol. The van der Waals surface area contributed by atoms with E-state index in [0.29, 0.717) is 18.9 Å². The first-order valence-electron chi connectivity index (χ1n) is 7.51. The van der Waals surface area contributed by atoms with Gasteiger partial charge in [0.2, 0.25) is 0 Å². The lowest BCUT2D eigenvalue weighted by Gasteiger charge is -2.39. The van der Waals surface area contributed by atoms with Gasteiger partial charge in [-0.25, -0.2) is 4.79 Å². The van der Waals surface area contributed by atoms with E-state index < -0.39 is 10.8 Å². The first-order valence-corrected chi connectivity index (χ1v) is 8.83. The van der Waals surface area contributed by atoms with Gasteiger partial charge >= 0.3 is 6.09 Å². The number of ether oxygens (including phenoxy) is 2. The third kappa shape index (κ3) is 2.20. The fourth-order valence-electron chi connectivity index (χ4n) is 3.55. The summed E-state index contributed by atoms with van der Waals surface area (Å²) in [5.41, 5.74) is 0.832. The van der Waals surface area contributed by atoms with E-state index >= 15 is 0 Å². The number of methoxy groups -OCH3 is 1. The maximum atomic E-state index is 12.6. The van der Waals surface area contributed by atoms with Crippen LogP contribution in [0.25, 0.3) is 0 Å². The van der Waals surface area contributed by atoms with Gasteiger partial charge in [-0.1, -0.05) is 6.92 Å². The first-order chi connectivity index (χ1) is 10.5. The molecule has 0 aliphatic carbocycles. The van der Waals surface area contributed by atoms with Gasteiger partial charge in [-0.05, 0) is 37.1 Å². The van der Waals surface area contributed by atoms with Crippen LogP contribution in [0.5, 0.6) is 5.75 Å². The van der Waals surface area contributed by atoms with E-state index in [0.717, 1.165) is 22.6 Å². The van der Waals surface area contributed by atoms with Crippen molar-refractivity contribution in [3.63, 3.8) is 0 Å². The van der Waals surface area contributed by atoms with Gasteiger partial charge in [0.05, 0.1) is 30.6 Å². The van der Waals surface area contributed by atoms with Crippen LogP contribution in [0.2, 0.25) is 0 Å². The van der Waals surface area contributed by atoms with Crippen molar-refractivity contribution < 1.29 is 18.5 Å². The number of benzene rings is 1. The second-order valence-electron chi connectivity index (χ2n) is 5.95. The Kier molecular flexibility index (Phi) is 3.89. The second kappa shape index (κ2) is 5.57. The van der Waals surface area contributed by atoms with Gasteiger partial charge in [0.1, 0.15) is 5.75 Å². The Bertz CT molecular complexity index is 633. The molecule has 5 nitrogen and oxygen atoms in total. The lowest BCUT2D eigenvalue weighted by atomic mass is 9.76. The zero-order valence-corrected chi connectivity index (χ0v) is 13.9. The Balaban J connectivity index is 2.03. The number of nitrogens with zero attached hydrogens (tertiary/aromatic N) is 1. The summed E-state index contributed by atoms with van der Waals surface area (Å²) >= 11 is 0. The van der Waals surface area contributed by atoms with Crippen molar-refractivity contribution in [2.75, 3.05) is 26.0 Å². The van der Waals surface area contributed by atoms with E-state index in [4.69, 9.17) is 9.47 Å². The van der Waals surface area contributed by atoms with Gasteiger partial charge in [-0.15, -0.1) is 0 Å². The van der Waals surface area contributed by atoms with Crippen LogP contribution in [0.4, 0.5) is 4.79 Å². The molecule has 2 aliphatic rings. The molecule has 2 aliphatic heterocycles. The first kappa shape index (κ1) is 15.3. The summed E-state index contributed by atoms with van der Waals surface area (Å²) in [5, 5.41) is 0. The molecule has 1 saturated heterocycles. The maximum absolute atomic E-state index is 12.6. The monoisotopic (exact) mass is 323 g/mol. The van der Waals surface area contributed by atoms with E-state index in [2.05, 4.69) is 6.92 Å². The van der Waals surface area contributed by atoms with E-state index in [-0.39, 0.29) is 17.6 Å². The van der Waals surface area contributed by atoms with E-state index in [1.165, 1.54) is 0 Å². The molecule has 1 fully saturated rings. The molecule has 0 N–H and O–H groups in total. The molecular weight excluding hydrogens is 302 g/mol. The van der Waals surface area contributed by atoms with Gasteiger partial charge in [0.25, 0.3) is 0 Å². The number of fused-ring (bicyclic) bond motifs is 3. The van der Waals surface area contributed by atoms with Crippen LogP contribution in [-0.4, -0.2) is 47.3 Å². The van der Waals surface area contributed by atoms with Crippen LogP contribution < -0.4 is 4.74 Å². The van der Waals surface area contributed by atoms with Crippen LogP contribution >= 0.6 is 0 Å². The highest BCUT2D eigenvalue weighted by Crippen LogP contribution is 2.47. The van der Waals surface area contributed by atoms with E-state index in [1.807, 2.05) is 18.2 Å². The largest absolute Gasteiger partial charge is 0.497 e. The van der Waals surface area contributed by atoms with Gasteiger partial charge in [-0.2, -0.15) is 0 Å². The molecule has 0 saturated carbocycles. The van der Waals surface area contributed by atoms with Crippen molar-refractivity contribution in [3.8, 4) is 5.75 Å². The predicted octanol–water partition coefficient (Wildman–Crippen LogP) is 2.30. The van der Waals surface area contributed by atoms with E-state index in [1.54, 1.807) is 18.9 Å². The lowest BCUT2D eigenvalue weighted by Crippen LogP contribution is -2.50. The van der Waals surface area contributed by atoms with Crippen LogP contribution in [0, 0.1) is 0 Å². The molecule has 0 aromatic heterocycles. The molecule has 3 unspecified atom stereocenters. The molecule has 2 heterocycles. The number of amides is 1. The minimum absolute atomic E-state index is 0.0908. The number of hydrogen-bond acceptors (Lipinski definition) is 4. The quantitative estimate of drug-likeness (QED) is 0.838. The molecule has 0 bridgehead atoms. The summed E-state index contributed by atoms with van der Waals surface area (Å²) in [6, 6.07) is 5.61. The number of carbonyl (C=O) groups excluding carboxylic acids is 1. The van der Waals surface area contributed by atoms with Crippen LogP contribution in [-0.2, 0) is 21.0 Å². The normalized spacial score (nSPS) is 29.7. The van der Waals surface area contributed by atoms with Crippen molar-refractivity contribution in [1.29, 1.82) is 0 Å². The Morgan fingerprint density at radius 3 is 2.95 bits per heavy atom. The topological polar surface area (TPSA) is 55.8 Å². The minimum Gasteiger partial charge on any atom is -0.497 e. The van der Waals surface area contributed by atoms with Gasteiger partial charge < -0.3 is 14.4 Å². The summed E-state index contributed by atoms with van der Waals surface area (Å²) < 4.78 is 23.1. The lowest BCUT2D eigenvalue weighted by molar-refractivity contribution is 0.100. The van der Waals surface area contributed by atoms with Crippen molar-refractivity contribution in [1.82, 2.24) is 4.90 Å². The van der Waals surface area contributed by atoms with Crippen molar-refractivity contribution in [2.45, 2.75) is 36.6 Å². The molecule has 120 valence electrons. The van der Waals surface area contributed by atoms with Crippen molar-refractivity contribution >= 4 is 16.9 Å². The second-order valence-corrected chi connectivity index (χ2v) is 7.41. The highest BCUT2D eigenvalue weighted by atomic mass is 32.2. The molecule has 1 aromatic rings. The number of hydrogen-bond donors (Lipinski definition) is 0. The standard InChI is InChI=1S/C16H21NO4S/c1-4-21-15(18)17-8-7-16(2)12-9-11(20-3)5-6-13(12)22(19)10-14(16)17/h5-6,9,14H,4,7-8,10H2,1-3H3. The van der Waals surface area contributed by atoms with Gasteiger partial charge in [0, 0.05) is 22.6 Å². The summed E-state index contributed by atoms with van der Waals surface area (Å²) in [7, 11) is 0.518. The smallest absolute Gasteiger partial charge is 0.410 e. The SMILES string of the molecule is CCOC(=O)N1CCC2(C)c3cc(OC)ccc3S(=O)CC12. The molecule has 1 amide bonds. The summed E-state index contributed by atoms with van der Waals surface area (Å²) in [6.07, 6.45) is 0.535. The minimum atomic E-state index is -1.11. The molecule has 0 spiro atoms. The third-order valence-electron chi connectivity index (χ3n) is 4.84. The summed E-state index contributed by atoms with van der Waals surface area (Å²) in [6.45, 7) is 4.93. The van der Waals surface area contributed by atoms with Gasteiger partial charge in [0.15, 0.2) is 0 Å². The zero-order chi connectivity index (χ0) is 15.9. The summed E-state index contributed by atoms with van der Waals surface area (Å²) in [4.78, 5) is 14.8. The number of carbonyl (C=O) groups is 1. The molecular formula is C16H21NO4S. The highest BCUT2D eigenvalue weighted by Gasteiger charge is 2.52. The highest BCUT2D eigenvalue weighted by molar-refractivity contribution is 7.85. The van der Waals surface area contributed by atoms with Crippen LogP contribution in [0.3, 0.4) is 0 Å². The third-order valence-corrected chi connectivity index (χ3v) is 6.31. The Morgan fingerprint density at radius 1 is 1.50 bits per heavy atom. The molecule has 22 heavy (non-hydrogen) atoms. The Labute approximate surface area is 133 Å². The van der Waals surface area contributed by atoms with Crippen molar-refractivity contribution in [3.05, 3.63) is 23.8 Å². The fraction of sp³-hybridized carbons (Fsp3) is 0.562. The fourth-order valence-corrected chi connectivity index (χ4v) is 5.32.